The molecule has 7 nitrogen and oxygen atoms in total. The Morgan fingerprint density at radius 3 is 2.35 bits per heavy atom. The lowest BCUT2D eigenvalue weighted by Crippen LogP contribution is -2.12. The minimum absolute atomic E-state index is 0.141. The number of hydrogen-bond donors (Lipinski definition) is 2. The molecule has 0 fully saturated rings. The van der Waals surface area contributed by atoms with E-state index in [1.807, 2.05) is 0 Å². The number of nitrogens with zero attached hydrogens (tertiary/aromatic N) is 2. The van der Waals surface area contributed by atoms with Crippen molar-refractivity contribution >= 4 is 27.4 Å². The monoisotopic (exact) mass is 292 g/mol. The second-order valence-electron chi connectivity index (χ2n) is 4.05. The van der Waals surface area contributed by atoms with Gasteiger partial charge in [0, 0.05) is 18.6 Å². The summed E-state index contributed by atoms with van der Waals surface area (Å²) in [6.45, 7) is 0. The number of rotatable bonds is 4. The van der Waals surface area contributed by atoms with Crippen molar-refractivity contribution in [3.63, 3.8) is 0 Å². The molecule has 104 valence electrons. The predicted octanol–water partition coefficient (Wildman–Crippen LogP) is 0.723. The number of amides is 1. The van der Waals surface area contributed by atoms with E-state index < -0.39 is 15.7 Å². The van der Waals surface area contributed by atoms with Crippen LogP contribution in [0.5, 0.6) is 0 Å². The van der Waals surface area contributed by atoms with Crippen molar-refractivity contribution in [3.05, 3.63) is 42.2 Å². The molecule has 0 bridgehead atoms. The third-order valence-electron chi connectivity index (χ3n) is 2.47. The van der Waals surface area contributed by atoms with Gasteiger partial charge in [-0.1, -0.05) is 12.1 Å². The van der Waals surface area contributed by atoms with Crippen molar-refractivity contribution in [1.82, 2.24) is 9.97 Å². The zero-order valence-corrected chi connectivity index (χ0v) is 11.4. The first kappa shape index (κ1) is 13.9. The lowest BCUT2D eigenvalue weighted by atomic mass is 10.3. The van der Waals surface area contributed by atoms with E-state index in [1.54, 1.807) is 18.2 Å². The number of benzene rings is 1. The number of primary amides is 1. The molecule has 0 saturated heterocycles. The minimum atomic E-state index is -3.37. The molecule has 2 rings (SSSR count). The summed E-state index contributed by atoms with van der Waals surface area (Å²) in [5, 5.41) is 2.79. The first-order chi connectivity index (χ1) is 9.38. The number of aromatic nitrogens is 2. The van der Waals surface area contributed by atoms with E-state index >= 15 is 0 Å². The van der Waals surface area contributed by atoms with Gasteiger partial charge in [0.2, 0.25) is 5.95 Å². The first-order valence-corrected chi connectivity index (χ1v) is 7.45. The van der Waals surface area contributed by atoms with Gasteiger partial charge >= 0.3 is 0 Å². The van der Waals surface area contributed by atoms with Gasteiger partial charge in [-0.05, 0) is 12.1 Å². The van der Waals surface area contributed by atoms with E-state index in [0.717, 1.165) is 6.26 Å². The molecule has 8 heteroatoms. The standard InChI is InChI=1S/C12H12N4O3S/c1-20(18,19)10-5-3-2-4-9(10)16-12-14-6-8(7-15-12)11(13)17/h2-7H,1H3,(H2,13,17)(H,14,15,16). The smallest absolute Gasteiger partial charge is 0.251 e. The fourth-order valence-electron chi connectivity index (χ4n) is 1.53. The number of carbonyl (C=O) groups excluding carboxylic acids is 1. The van der Waals surface area contributed by atoms with E-state index in [2.05, 4.69) is 15.3 Å². The molecule has 20 heavy (non-hydrogen) atoms. The van der Waals surface area contributed by atoms with Gasteiger partial charge in [0.15, 0.2) is 9.84 Å². The lowest BCUT2D eigenvalue weighted by Gasteiger charge is -2.09. The number of carbonyl (C=O) groups is 1. The molecular formula is C12H12N4O3S. The zero-order valence-electron chi connectivity index (χ0n) is 10.6. The van der Waals surface area contributed by atoms with Gasteiger partial charge in [-0.25, -0.2) is 18.4 Å². The Morgan fingerprint density at radius 1 is 1.20 bits per heavy atom. The summed E-state index contributed by atoms with van der Waals surface area (Å²) in [5.41, 5.74) is 5.61. The largest absolute Gasteiger partial charge is 0.366 e. The molecule has 3 N–H and O–H groups in total. The highest BCUT2D eigenvalue weighted by atomic mass is 32.2. The Balaban J connectivity index is 2.33. The molecule has 1 aromatic carbocycles. The number of anilines is 2. The van der Waals surface area contributed by atoms with Crippen molar-refractivity contribution in [2.45, 2.75) is 4.90 Å². The summed E-state index contributed by atoms with van der Waals surface area (Å²) in [4.78, 5) is 18.8. The van der Waals surface area contributed by atoms with Crippen LogP contribution < -0.4 is 11.1 Å². The normalized spacial score (nSPS) is 11.1. The Labute approximate surface area is 115 Å². The quantitative estimate of drug-likeness (QED) is 0.858. The highest BCUT2D eigenvalue weighted by Gasteiger charge is 2.13. The van der Waals surface area contributed by atoms with Crippen molar-refractivity contribution in [3.8, 4) is 0 Å². The fourth-order valence-corrected chi connectivity index (χ4v) is 2.38. The molecule has 0 unspecified atom stereocenters. The topological polar surface area (TPSA) is 115 Å². The SMILES string of the molecule is CS(=O)(=O)c1ccccc1Nc1ncc(C(N)=O)cn1. The summed E-state index contributed by atoms with van der Waals surface area (Å²) < 4.78 is 23.3. The first-order valence-electron chi connectivity index (χ1n) is 5.56. The van der Waals surface area contributed by atoms with Crippen LogP contribution >= 0.6 is 0 Å². The zero-order chi connectivity index (χ0) is 14.8. The highest BCUT2D eigenvalue weighted by molar-refractivity contribution is 7.90. The molecule has 0 saturated carbocycles. The van der Waals surface area contributed by atoms with Crippen LogP contribution in [0.25, 0.3) is 0 Å². The molecule has 0 spiro atoms. The molecule has 1 amide bonds. The summed E-state index contributed by atoms with van der Waals surface area (Å²) in [6.07, 6.45) is 3.64. The van der Waals surface area contributed by atoms with Crippen LogP contribution in [-0.2, 0) is 9.84 Å². The van der Waals surface area contributed by atoms with Crippen LogP contribution in [0.15, 0.2) is 41.6 Å². The van der Waals surface area contributed by atoms with Crippen LogP contribution in [0.4, 0.5) is 11.6 Å². The fraction of sp³-hybridized carbons (Fsp3) is 0.0833. The van der Waals surface area contributed by atoms with Crippen molar-refractivity contribution in [1.29, 1.82) is 0 Å². The van der Waals surface area contributed by atoms with Gasteiger partial charge in [0.25, 0.3) is 5.91 Å². The van der Waals surface area contributed by atoms with Crippen molar-refractivity contribution in [2.24, 2.45) is 5.73 Å². The van der Waals surface area contributed by atoms with Gasteiger partial charge in [0.05, 0.1) is 16.1 Å². The molecule has 0 aliphatic rings. The Kier molecular flexibility index (Phi) is 3.66. The number of nitrogens with one attached hydrogen (secondary N) is 1. The number of sulfone groups is 1. The predicted molar refractivity (Wildman–Crippen MR) is 73.4 cm³/mol. The van der Waals surface area contributed by atoms with Crippen molar-refractivity contribution in [2.75, 3.05) is 11.6 Å². The second-order valence-corrected chi connectivity index (χ2v) is 6.04. The van der Waals surface area contributed by atoms with Gasteiger partial charge in [-0.15, -0.1) is 0 Å². The van der Waals surface area contributed by atoms with Crippen LogP contribution in [0.2, 0.25) is 0 Å². The summed E-state index contributed by atoms with van der Waals surface area (Å²) in [6, 6.07) is 6.39. The maximum atomic E-state index is 11.6. The van der Waals surface area contributed by atoms with Crippen LogP contribution in [0.3, 0.4) is 0 Å². The highest BCUT2D eigenvalue weighted by Crippen LogP contribution is 2.22. The van der Waals surface area contributed by atoms with Crippen LogP contribution in [0.1, 0.15) is 10.4 Å². The van der Waals surface area contributed by atoms with Gasteiger partial charge in [-0.3, -0.25) is 4.79 Å². The summed E-state index contributed by atoms with van der Waals surface area (Å²) in [7, 11) is -3.37. The average molecular weight is 292 g/mol. The average Bonchev–Trinajstić information content (AvgIpc) is 2.38. The van der Waals surface area contributed by atoms with Gasteiger partial charge in [0.1, 0.15) is 0 Å². The lowest BCUT2D eigenvalue weighted by molar-refractivity contribution is 0.0999. The molecule has 0 atom stereocenters. The third kappa shape index (κ3) is 3.09. The summed E-state index contributed by atoms with van der Waals surface area (Å²) >= 11 is 0. The van der Waals surface area contributed by atoms with Crippen LogP contribution in [-0.4, -0.2) is 30.5 Å². The van der Waals surface area contributed by atoms with E-state index in [-0.39, 0.29) is 16.4 Å². The van der Waals surface area contributed by atoms with E-state index in [1.165, 1.54) is 18.5 Å². The maximum absolute atomic E-state index is 11.6. The molecule has 1 heterocycles. The van der Waals surface area contributed by atoms with E-state index in [4.69, 9.17) is 5.73 Å². The Morgan fingerprint density at radius 2 is 1.80 bits per heavy atom. The Hall–Kier alpha value is -2.48. The maximum Gasteiger partial charge on any atom is 0.251 e. The van der Waals surface area contributed by atoms with Gasteiger partial charge in [-0.2, -0.15) is 0 Å². The second kappa shape index (κ2) is 5.25. The Bertz CT molecular complexity index is 742. The molecule has 1 aromatic heterocycles. The van der Waals surface area contributed by atoms with E-state index in [0.29, 0.717) is 5.69 Å². The van der Waals surface area contributed by atoms with Gasteiger partial charge < -0.3 is 11.1 Å². The number of hydrogen-bond acceptors (Lipinski definition) is 6. The van der Waals surface area contributed by atoms with Crippen molar-refractivity contribution < 1.29 is 13.2 Å². The molecule has 0 radical (unpaired) electrons. The molecule has 2 aromatic rings. The van der Waals surface area contributed by atoms with E-state index in [9.17, 15) is 13.2 Å². The summed E-state index contributed by atoms with van der Waals surface area (Å²) in [5.74, 6) is -0.459. The van der Waals surface area contributed by atoms with Crippen LogP contribution in [0, 0.1) is 0 Å². The number of para-hydroxylation sites is 1. The minimum Gasteiger partial charge on any atom is -0.366 e. The molecular weight excluding hydrogens is 280 g/mol. The third-order valence-corrected chi connectivity index (χ3v) is 3.62. The molecule has 0 aliphatic carbocycles. The molecule has 0 aliphatic heterocycles. The number of nitrogens with two attached hydrogens (primary N) is 1.